The third-order valence-corrected chi connectivity index (χ3v) is 8.17. The molecule has 1 aromatic carbocycles. The van der Waals surface area contributed by atoms with Crippen molar-refractivity contribution in [1.82, 2.24) is 30.5 Å². The lowest BCUT2D eigenvalue weighted by atomic mass is 9.73. The second kappa shape index (κ2) is 9.00. The molecule has 0 radical (unpaired) electrons. The van der Waals surface area contributed by atoms with Gasteiger partial charge >= 0.3 is 0 Å². The van der Waals surface area contributed by atoms with Gasteiger partial charge in [0, 0.05) is 23.2 Å². The summed E-state index contributed by atoms with van der Waals surface area (Å²) in [7, 11) is 0. The average molecular weight is 520 g/mol. The van der Waals surface area contributed by atoms with Crippen LogP contribution in [-0.2, 0) is 0 Å². The predicted molar refractivity (Wildman–Crippen MR) is 137 cm³/mol. The van der Waals surface area contributed by atoms with Crippen molar-refractivity contribution in [2.75, 3.05) is 18.1 Å². The normalized spacial score (nSPS) is 28.1. The maximum atomic E-state index is 15.9. The molecule has 3 aliphatic heterocycles. The third-order valence-electron chi connectivity index (χ3n) is 8.17. The van der Waals surface area contributed by atoms with Crippen LogP contribution in [0.3, 0.4) is 0 Å². The smallest absolute Gasteiger partial charge is 0.278 e. The van der Waals surface area contributed by atoms with Crippen LogP contribution in [0.2, 0.25) is 0 Å². The number of phenolic OH excluding ortho intramolecular Hbond substituents is 1. The number of nitrogens with zero attached hydrogens (tertiary/aromatic N) is 6. The Morgan fingerprint density at radius 1 is 1.08 bits per heavy atom. The second-order valence-corrected chi connectivity index (χ2v) is 10.9. The van der Waals surface area contributed by atoms with E-state index in [1.807, 2.05) is 13.0 Å². The van der Waals surface area contributed by atoms with Gasteiger partial charge in [0.1, 0.15) is 25.1 Å². The summed E-state index contributed by atoms with van der Waals surface area (Å²) >= 11 is 0. The fourth-order valence-corrected chi connectivity index (χ4v) is 6.15. The first kappa shape index (κ1) is 23.5. The van der Waals surface area contributed by atoms with Crippen molar-refractivity contribution < 1.29 is 19.0 Å². The zero-order valence-corrected chi connectivity index (χ0v) is 21.2. The third kappa shape index (κ3) is 4.09. The number of halogens is 1. The lowest BCUT2D eigenvalue weighted by molar-refractivity contribution is 0.0385. The maximum absolute atomic E-state index is 15.9. The summed E-state index contributed by atoms with van der Waals surface area (Å²) in [5.74, 6) is 1.59. The largest absolute Gasteiger partial charge is 0.507 e. The Bertz CT molecular complexity index is 1350. The van der Waals surface area contributed by atoms with Crippen LogP contribution >= 0.6 is 0 Å². The highest BCUT2D eigenvalue weighted by Gasteiger charge is 2.52. The summed E-state index contributed by atoms with van der Waals surface area (Å²) in [6.45, 7) is 2.86. The summed E-state index contributed by atoms with van der Waals surface area (Å²) in [6.07, 6.45) is 8.01. The summed E-state index contributed by atoms with van der Waals surface area (Å²) in [4.78, 5) is 15.4. The Labute approximate surface area is 219 Å². The minimum absolute atomic E-state index is 0.00397. The monoisotopic (exact) mass is 519 g/mol. The van der Waals surface area contributed by atoms with Crippen molar-refractivity contribution in [2.45, 2.75) is 75.3 Å². The number of aromatic hydroxyl groups is 1. The molecule has 4 atom stereocenters. The highest BCUT2D eigenvalue weighted by atomic mass is 19.1. The number of aromatic nitrogens is 5. The summed E-state index contributed by atoms with van der Waals surface area (Å²) in [6, 6.07) is 5.46. The zero-order chi connectivity index (χ0) is 25.9. The highest BCUT2D eigenvalue weighted by Crippen LogP contribution is 2.43. The highest BCUT2D eigenvalue weighted by molar-refractivity contribution is 5.71. The number of fused-ring (bicyclic) bond motifs is 3. The van der Waals surface area contributed by atoms with Crippen LogP contribution in [0.1, 0.15) is 45.4 Å². The zero-order valence-electron chi connectivity index (χ0n) is 21.2. The van der Waals surface area contributed by atoms with Gasteiger partial charge in [0.25, 0.3) is 11.8 Å². The van der Waals surface area contributed by atoms with Crippen LogP contribution in [0.15, 0.2) is 30.6 Å². The summed E-state index contributed by atoms with van der Waals surface area (Å²) in [5, 5.41) is 23.2. The fraction of sp³-hybridized carbons (Fsp3) is 0.519. The minimum Gasteiger partial charge on any atom is -0.507 e. The van der Waals surface area contributed by atoms with Crippen molar-refractivity contribution in [3.8, 4) is 40.2 Å². The molecule has 0 amide bonds. The number of anilines is 1. The Balaban J connectivity index is 1.14. The van der Waals surface area contributed by atoms with Crippen LogP contribution < -0.4 is 19.7 Å². The topological polar surface area (TPSA) is 118 Å². The molecule has 2 bridgehead atoms. The number of benzene rings is 1. The summed E-state index contributed by atoms with van der Waals surface area (Å²) in [5.41, 5.74) is 1.16. The van der Waals surface area contributed by atoms with E-state index in [0.717, 1.165) is 38.5 Å². The van der Waals surface area contributed by atoms with Gasteiger partial charge in [0.2, 0.25) is 0 Å². The summed E-state index contributed by atoms with van der Waals surface area (Å²) < 4.78 is 26.8. The van der Waals surface area contributed by atoms with E-state index in [1.165, 1.54) is 0 Å². The van der Waals surface area contributed by atoms with E-state index in [4.69, 9.17) is 9.47 Å². The molecular formula is C27H30FN7O3. The maximum Gasteiger partial charge on any atom is 0.278 e. The average Bonchev–Trinajstić information content (AvgIpc) is 3.77. The van der Waals surface area contributed by atoms with Gasteiger partial charge in [-0.3, -0.25) is 0 Å². The standard InChI is InChI=1S/C27H30FN7O3/c1-27-8-2-3-16(32-27)12-20(23(27)28)35(17-5-6-17)22-14-29-24(34-33-22)18-7-4-15(11-21(18)36)19-13-30-25-26(31-19)38-10-9-37-25/h4,7,11,13-14,16-17,20,23,32,36H,2-3,5-6,8-10,12H2,1H3/t16-,20+,23+,27-/m0/s1. The van der Waals surface area contributed by atoms with Crippen LogP contribution in [0.25, 0.3) is 22.6 Å². The van der Waals surface area contributed by atoms with Gasteiger partial charge in [0.15, 0.2) is 11.6 Å². The van der Waals surface area contributed by atoms with Crippen molar-refractivity contribution in [3.05, 3.63) is 30.6 Å². The molecule has 1 saturated carbocycles. The van der Waals surface area contributed by atoms with Gasteiger partial charge in [-0.2, -0.15) is 0 Å². The molecule has 0 spiro atoms. The molecule has 2 aromatic heterocycles. The SMILES string of the molecule is C[C@]12CCC[C@@H](C[C@@H](N(c3cnc(-c4ccc(-c5cnc6c(n5)OCCO6)cc4O)nn3)C3CC3)[C@H]1F)N2. The van der Waals surface area contributed by atoms with Crippen LogP contribution in [0.4, 0.5) is 10.2 Å². The molecule has 5 heterocycles. The first-order valence-corrected chi connectivity index (χ1v) is 13.3. The Morgan fingerprint density at radius 2 is 1.92 bits per heavy atom. The van der Waals surface area contributed by atoms with Gasteiger partial charge in [0.05, 0.1) is 29.7 Å². The van der Waals surface area contributed by atoms with Crippen molar-refractivity contribution in [2.24, 2.45) is 0 Å². The van der Waals surface area contributed by atoms with Gasteiger partial charge in [-0.1, -0.05) is 6.07 Å². The molecule has 3 fully saturated rings. The molecule has 2 saturated heterocycles. The van der Waals surface area contributed by atoms with E-state index in [2.05, 4.69) is 35.4 Å². The van der Waals surface area contributed by atoms with Crippen molar-refractivity contribution in [3.63, 3.8) is 0 Å². The quantitative estimate of drug-likeness (QED) is 0.519. The first-order valence-electron chi connectivity index (χ1n) is 13.3. The second-order valence-electron chi connectivity index (χ2n) is 10.9. The molecule has 3 aromatic rings. The number of hydrogen-bond donors (Lipinski definition) is 2. The molecule has 198 valence electrons. The van der Waals surface area contributed by atoms with Crippen molar-refractivity contribution in [1.29, 1.82) is 0 Å². The molecule has 11 heteroatoms. The van der Waals surface area contributed by atoms with Crippen LogP contribution in [-0.4, -0.2) is 73.3 Å². The van der Waals surface area contributed by atoms with E-state index in [9.17, 15) is 5.11 Å². The molecule has 4 aliphatic rings. The Kier molecular flexibility index (Phi) is 5.57. The number of phenols is 1. The van der Waals surface area contributed by atoms with Crippen molar-refractivity contribution >= 4 is 5.82 Å². The minimum atomic E-state index is -0.999. The van der Waals surface area contributed by atoms with E-state index in [1.54, 1.807) is 24.5 Å². The van der Waals surface area contributed by atoms with Crippen LogP contribution in [0, 0.1) is 0 Å². The van der Waals surface area contributed by atoms with E-state index in [-0.39, 0.29) is 17.8 Å². The van der Waals surface area contributed by atoms with E-state index >= 15 is 4.39 Å². The molecule has 7 rings (SSSR count). The number of nitrogens with one attached hydrogen (secondary N) is 1. The lowest BCUT2D eigenvalue weighted by Gasteiger charge is -2.52. The predicted octanol–water partition coefficient (Wildman–Crippen LogP) is 3.45. The first-order chi connectivity index (χ1) is 18.5. The molecule has 0 unspecified atom stereocenters. The molecule has 2 N–H and O–H groups in total. The molecular weight excluding hydrogens is 489 g/mol. The number of hydrogen-bond acceptors (Lipinski definition) is 10. The Hall–Kier alpha value is -3.60. The number of rotatable bonds is 5. The lowest BCUT2D eigenvalue weighted by Crippen LogP contribution is -2.69. The van der Waals surface area contributed by atoms with Gasteiger partial charge < -0.3 is 24.8 Å². The van der Waals surface area contributed by atoms with Gasteiger partial charge in [-0.05, 0) is 57.6 Å². The fourth-order valence-electron chi connectivity index (χ4n) is 6.15. The molecule has 10 nitrogen and oxygen atoms in total. The van der Waals surface area contributed by atoms with Crippen LogP contribution in [0.5, 0.6) is 17.5 Å². The van der Waals surface area contributed by atoms with Gasteiger partial charge in [-0.15, -0.1) is 10.2 Å². The molecule has 38 heavy (non-hydrogen) atoms. The Morgan fingerprint density at radius 3 is 2.68 bits per heavy atom. The number of alkyl halides is 1. The molecule has 1 aliphatic carbocycles. The number of piperidine rings is 2. The van der Waals surface area contributed by atoms with E-state index < -0.39 is 11.7 Å². The number of ether oxygens (including phenoxy) is 2. The van der Waals surface area contributed by atoms with Gasteiger partial charge in [-0.25, -0.2) is 19.3 Å². The van der Waals surface area contributed by atoms with E-state index in [0.29, 0.717) is 59.5 Å².